The first-order chi connectivity index (χ1) is 19.2. The van der Waals surface area contributed by atoms with Crippen molar-refractivity contribution in [1.29, 1.82) is 0 Å². The number of hydrogen-bond donors (Lipinski definition) is 2. The number of aliphatic hydroxyl groups is 1. The molecule has 0 aliphatic carbocycles. The predicted octanol–water partition coefficient (Wildman–Crippen LogP) is 3.36. The topological polar surface area (TPSA) is 146 Å². The minimum atomic E-state index is -1.77. The number of nitrogens with one attached hydrogen (secondary N) is 1. The fourth-order valence-electron chi connectivity index (χ4n) is 3.99. The van der Waals surface area contributed by atoms with Crippen LogP contribution in [0.25, 0.3) is 17.1 Å². The molecule has 12 nitrogen and oxygen atoms in total. The number of rotatable bonds is 12. The Morgan fingerprint density at radius 2 is 1.68 bits per heavy atom. The van der Waals surface area contributed by atoms with E-state index in [4.69, 9.17) is 14.2 Å². The maximum absolute atomic E-state index is 13.8. The fourth-order valence-corrected chi connectivity index (χ4v) is 4.91. The third-order valence-electron chi connectivity index (χ3n) is 5.95. The summed E-state index contributed by atoms with van der Waals surface area (Å²) in [7, 11) is 1.33. The standard InChI is InChI=1S/C27H33N7O5S/c1-16-10-20(14-28-11-16)26-31-32-27(34(26)23-21(37-5)8-7-9-22(23)38-6)33-40(36)19(4)24(39-15-18(3)35)25-29-12-17(2)13-30-25/h7-14,18-19,24,35H,15H2,1-6H3,(H,32,33)/t18-,19+,24+,40?/m0/s1. The van der Waals surface area contributed by atoms with Gasteiger partial charge < -0.3 is 19.3 Å². The van der Waals surface area contributed by atoms with Crippen molar-refractivity contribution in [3.8, 4) is 28.6 Å². The minimum absolute atomic E-state index is 0.0164. The number of hydrogen-bond acceptors (Lipinski definition) is 10. The molecule has 0 radical (unpaired) electrons. The van der Waals surface area contributed by atoms with Crippen molar-refractivity contribution in [3.05, 3.63) is 66.0 Å². The highest BCUT2D eigenvalue weighted by Gasteiger charge is 2.31. The van der Waals surface area contributed by atoms with E-state index in [1.807, 2.05) is 19.9 Å². The van der Waals surface area contributed by atoms with E-state index in [9.17, 15) is 9.32 Å². The average molecular weight is 568 g/mol. The van der Waals surface area contributed by atoms with Gasteiger partial charge in [0.05, 0.1) is 32.2 Å². The van der Waals surface area contributed by atoms with Crippen molar-refractivity contribution < 1.29 is 23.5 Å². The molecule has 212 valence electrons. The molecule has 4 rings (SSSR count). The average Bonchev–Trinajstić information content (AvgIpc) is 3.36. The van der Waals surface area contributed by atoms with E-state index < -0.39 is 28.4 Å². The summed E-state index contributed by atoms with van der Waals surface area (Å²) in [6.45, 7) is 7.17. The van der Waals surface area contributed by atoms with E-state index in [0.29, 0.717) is 34.4 Å². The number of nitrogens with zero attached hydrogens (tertiary/aromatic N) is 6. The molecule has 0 bridgehead atoms. The molecule has 0 fully saturated rings. The highest BCUT2D eigenvalue weighted by atomic mass is 32.2. The first-order valence-corrected chi connectivity index (χ1v) is 13.8. The molecule has 0 aliphatic rings. The molecule has 2 N–H and O–H groups in total. The highest BCUT2D eigenvalue weighted by Crippen LogP contribution is 2.38. The van der Waals surface area contributed by atoms with Gasteiger partial charge in [0, 0.05) is 30.4 Å². The Labute approximate surface area is 235 Å². The molecule has 40 heavy (non-hydrogen) atoms. The van der Waals surface area contributed by atoms with Gasteiger partial charge in [0.25, 0.3) is 0 Å². The zero-order valence-electron chi connectivity index (χ0n) is 23.2. The normalized spacial score (nSPS) is 14.3. The SMILES string of the molecule is COc1cccc(OC)c1-n1c(NS(=O)[C@H](C)[C@@H](OC[C@H](C)O)c2ncc(C)cn2)nnc1-c1cncc(C)c1. The van der Waals surface area contributed by atoms with Gasteiger partial charge in [-0.15, -0.1) is 10.2 Å². The molecular formula is C27H33N7O5S. The highest BCUT2D eigenvalue weighted by molar-refractivity contribution is 7.87. The zero-order chi connectivity index (χ0) is 28.8. The van der Waals surface area contributed by atoms with Gasteiger partial charge in [0.2, 0.25) is 5.95 Å². The number of benzene rings is 1. The Bertz CT molecular complexity index is 1440. The lowest BCUT2D eigenvalue weighted by Gasteiger charge is -2.24. The molecule has 0 amide bonds. The van der Waals surface area contributed by atoms with E-state index in [0.717, 1.165) is 11.1 Å². The van der Waals surface area contributed by atoms with Crippen LogP contribution in [0, 0.1) is 13.8 Å². The van der Waals surface area contributed by atoms with Crippen LogP contribution in [-0.2, 0) is 15.7 Å². The number of aryl methyl sites for hydroxylation is 2. The van der Waals surface area contributed by atoms with Crippen molar-refractivity contribution in [2.24, 2.45) is 0 Å². The molecule has 4 atom stereocenters. The number of pyridine rings is 1. The van der Waals surface area contributed by atoms with Gasteiger partial charge in [-0.05, 0) is 57.0 Å². The number of anilines is 1. The fraction of sp³-hybridized carbons (Fsp3) is 0.370. The van der Waals surface area contributed by atoms with Crippen LogP contribution in [0.4, 0.5) is 5.95 Å². The van der Waals surface area contributed by atoms with Crippen LogP contribution in [0.2, 0.25) is 0 Å². The first-order valence-electron chi connectivity index (χ1n) is 12.6. The smallest absolute Gasteiger partial charge is 0.241 e. The van der Waals surface area contributed by atoms with Crippen LogP contribution in [0.5, 0.6) is 11.5 Å². The third kappa shape index (κ3) is 6.43. The summed E-state index contributed by atoms with van der Waals surface area (Å²) < 4.78 is 35.7. The maximum atomic E-state index is 13.8. The van der Waals surface area contributed by atoms with Gasteiger partial charge in [-0.3, -0.25) is 14.3 Å². The van der Waals surface area contributed by atoms with Gasteiger partial charge in [-0.1, -0.05) is 6.07 Å². The molecule has 4 aromatic rings. The van der Waals surface area contributed by atoms with Crippen LogP contribution >= 0.6 is 0 Å². The van der Waals surface area contributed by atoms with Gasteiger partial charge >= 0.3 is 0 Å². The zero-order valence-corrected chi connectivity index (χ0v) is 24.0. The first kappa shape index (κ1) is 29.1. The number of ether oxygens (including phenoxy) is 3. The lowest BCUT2D eigenvalue weighted by Crippen LogP contribution is -2.31. The summed E-state index contributed by atoms with van der Waals surface area (Å²) in [5, 5.41) is 17.9. The van der Waals surface area contributed by atoms with Crippen molar-refractivity contribution >= 4 is 16.9 Å². The van der Waals surface area contributed by atoms with Gasteiger partial charge in [-0.2, -0.15) is 0 Å². The summed E-state index contributed by atoms with van der Waals surface area (Å²) >= 11 is 0. The van der Waals surface area contributed by atoms with E-state index >= 15 is 0 Å². The summed E-state index contributed by atoms with van der Waals surface area (Å²) in [6.07, 6.45) is 5.24. The summed E-state index contributed by atoms with van der Waals surface area (Å²) in [6, 6.07) is 7.30. The van der Waals surface area contributed by atoms with Crippen LogP contribution in [-0.4, -0.2) is 71.2 Å². The molecular weight excluding hydrogens is 534 g/mol. The van der Waals surface area contributed by atoms with Crippen LogP contribution in [0.15, 0.2) is 49.1 Å². The van der Waals surface area contributed by atoms with Crippen molar-refractivity contribution in [2.45, 2.75) is 45.2 Å². The quantitative estimate of drug-likeness (QED) is 0.261. The molecule has 0 saturated carbocycles. The van der Waals surface area contributed by atoms with E-state index in [2.05, 4.69) is 29.9 Å². The minimum Gasteiger partial charge on any atom is -0.494 e. The molecule has 0 spiro atoms. The Morgan fingerprint density at radius 1 is 1.00 bits per heavy atom. The summed E-state index contributed by atoms with van der Waals surface area (Å²) in [5.41, 5.74) is 3.02. The second-order valence-corrected chi connectivity index (χ2v) is 10.8. The van der Waals surface area contributed by atoms with Crippen LogP contribution in [0.3, 0.4) is 0 Å². The largest absolute Gasteiger partial charge is 0.494 e. The van der Waals surface area contributed by atoms with Gasteiger partial charge in [0.15, 0.2) is 11.6 Å². The van der Waals surface area contributed by atoms with E-state index in [1.54, 1.807) is 75.6 Å². The van der Waals surface area contributed by atoms with E-state index in [1.165, 1.54) is 0 Å². The molecule has 1 unspecified atom stereocenters. The molecule has 0 saturated heterocycles. The molecule has 0 aliphatic heterocycles. The number of methoxy groups -OCH3 is 2. The van der Waals surface area contributed by atoms with E-state index in [-0.39, 0.29) is 12.6 Å². The molecule has 1 aromatic carbocycles. The monoisotopic (exact) mass is 567 g/mol. The summed E-state index contributed by atoms with van der Waals surface area (Å²) in [4.78, 5) is 13.1. The Hall–Kier alpha value is -3.94. The molecule has 3 heterocycles. The van der Waals surface area contributed by atoms with Crippen molar-refractivity contribution in [1.82, 2.24) is 29.7 Å². The van der Waals surface area contributed by atoms with Crippen molar-refractivity contribution in [3.63, 3.8) is 0 Å². The Balaban J connectivity index is 1.77. The van der Waals surface area contributed by atoms with Crippen LogP contribution < -0.4 is 14.2 Å². The second kappa shape index (κ2) is 12.9. The Morgan fingerprint density at radius 3 is 2.27 bits per heavy atom. The van der Waals surface area contributed by atoms with Gasteiger partial charge in [-0.25, -0.2) is 14.2 Å². The third-order valence-corrected chi connectivity index (χ3v) is 7.26. The second-order valence-electron chi connectivity index (χ2n) is 9.27. The number of para-hydroxylation sites is 1. The van der Waals surface area contributed by atoms with Crippen LogP contribution in [0.1, 0.15) is 36.9 Å². The lowest BCUT2D eigenvalue weighted by molar-refractivity contribution is -0.00715. The van der Waals surface area contributed by atoms with Gasteiger partial charge in [0.1, 0.15) is 34.3 Å². The number of aromatic nitrogens is 6. The summed E-state index contributed by atoms with van der Waals surface area (Å²) in [5.74, 6) is 1.97. The Kier molecular flexibility index (Phi) is 9.40. The maximum Gasteiger partial charge on any atom is 0.241 e. The lowest BCUT2D eigenvalue weighted by atomic mass is 10.2. The molecule has 13 heteroatoms. The predicted molar refractivity (Wildman–Crippen MR) is 151 cm³/mol. The number of aliphatic hydroxyl groups excluding tert-OH is 1. The molecule has 3 aromatic heterocycles. The van der Waals surface area contributed by atoms with Crippen molar-refractivity contribution in [2.75, 3.05) is 25.5 Å².